The summed E-state index contributed by atoms with van der Waals surface area (Å²) in [6, 6.07) is 16.3. The Morgan fingerprint density at radius 2 is 2.07 bits per heavy atom. The monoisotopic (exact) mass is 379 g/mol. The first kappa shape index (κ1) is 18.5. The maximum Gasteiger partial charge on any atom is 0.237 e. The van der Waals surface area contributed by atoms with Crippen LogP contribution in [-0.2, 0) is 4.79 Å². The van der Waals surface area contributed by atoms with Gasteiger partial charge in [0, 0.05) is 11.3 Å². The van der Waals surface area contributed by atoms with Gasteiger partial charge in [-0.2, -0.15) is 5.26 Å². The highest BCUT2D eigenvalue weighted by atomic mass is 32.2. The molecule has 0 spiro atoms. The molecule has 8 heteroatoms. The van der Waals surface area contributed by atoms with Crippen molar-refractivity contribution in [3.05, 3.63) is 54.1 Å². The van der Waals surface area contributed by atoms with Gasteiger partial charge in [-0.1, -0.05) is 17.8 Å². The molecule has 1 amide bonds. The zero-order chi connectivity index (χ0) is 19.2. The summed E-state index contributed by atoms with van der Waals surface area (Å²) in [5, 5.41) is 18.8. The number of carbonyl (C=O) groups excluding carboxylic acids is 1. The molecule has 136 valence electrons. The highest BCUT2D eigenvalue weighted by Crippen LogP contribution is 2.24. The van der Waals surface area contributed by atoms with E-state index in [0.29, 0.717) is 22.2 Å². The second kappa shape index (κ2) is 8.38. The minimum Gasteiger partial charge on any atom is -0.497 e. The Labute approximate surface area is 160 Å². The second-order valence-corrected chi connectivity index (χ2v) is 6.94. The Balaban J connectivity index is 1.63. The van der Waals surface area contributed by atoms with E-state index in [1.54, 1.807) is 38.3 Å². The molecule has 7 nitrogen and oxygen atoms in total. The number of H-pyrrole nitrogens is 1. The average molecular weight is 379 g/mol. The SMILES string of the molecule is COc1ccc(-c2nc(S[C@@H](C)C(=O)Nc3cccc(C#N)c3)n[nH]2)cc1. The number of ether oxygens (including phenoxy) is 1. The molecule has 0 aliphatic rings. The smallest absolute Gasteiger partial charge is 0.237 e. The third-order valence-electron chi connectivity index (χ3n) is 3.74. The fourth-order valence-electron chi connectivity index (χ4n) is 2.30. The number of aromatic amines is 1. The van der Waals surface area contributed by atoms with Gasteiger partial charge in [-0.3, -0.25) is 9.89 Å². The first-order valence-corrected chi connectivity index (χ1v) is 9.01. The van der Waals surface area contributed by atoms with Gasteiger partial charge in [-0.15, -0.1) is 5.10 Å². The Kier molecular flexibility index (Phi) is 5.74. The van der Waals surface area contributed by atoms with E-state index in [0.717, 1.165) is 11.3 Å². The minimum absolute atomic E-state index is 0.189. The lowest BCUT2D eigenvalue weighted by Crippen LogP contribution is -2.22. The summed E-state index contributed by atoms with van der Waals surface area (Å²) in [6.07, 6.45) is 0. The number of aromatic nitrogens is 3. The molecule has 27 heavy (non-hydrogen) atoms. The van der Waals surface area contributed by atoms with Crippen LogP contribution in [0.3, 0.4) is 0 Å². The molecule has 0 aliphatic heterocycles. The molecule has 1 heterocycles. The standard InChI is InChI=1S/C19H17N5O2S/c1-12(18(25)21-15-5-3-4-13(10-15)11-20)27-19-22-17(23-24-19)14-6-8-16(26-2)9-7-14/h3-10,12H,1-2H3,(H,21,25)(H,22,23,24)/t12-/m0/s1. The van der Waals surface area contributed by atoms with Crippen molar-refractivity contribution in [1.82, 2.24) is 15.2 Å². The predicted molar refractivity (Wildman–Crippen MR) is 103 cm³/mol. The van der Waals surface area contributed by atoms with Crippen LogP contribution >= 0.6 is 11.8 Å². The molecule has 0 saturated carbocycles. The van der Waals surface area contributed by atoms with Crippen molar-refractivity contribution in [3.8, 4) is 23.2 Å². The molecule has 1 aromatic heterocycles. The Morgan fingerprint density at radius 3 is 2.78 bits per heavy atom. The Morgan fingerprint density at radius 1 is 1.30 bits per heavy atom. The fraction of sp³-hybridized carbons (Fsp3) is 0.158. The molecule has 2 N–H and O–H groups in total. The van der Waals surface area contributed by atoms with Gasteiger partial charge in [-0.25, -0.2) is 4.98 Å². The van der Waals surface area contributed by atoms with Crippen molar-refractivity contribution >= 4 is 23.4 Å². The summed E-state index contributed by atoms with van der Waals surface area (Å²) in [7, 11) is 1.61. The number of benzene rings is 2. The van der Waals surface area contributed by atoms with Gasteiger partial charge < -0.3 is 10.1 Å². The number of anilines is 1. The van der Waals surface area contributed by atoms with Gasteiger partial charge in [0.2, 0.25) is 11.1 Å². The van der Waals surface area contributed by atoms with Crippen molar-refractivity contribution in [2.75, 3.05) is 12.4 Å². The number of thioether (sulfide) groups is 1. The van der Waals surface area contributed by atoms with Gasteiger partial charge in [0.05, 0.1) is 24.0 Å². The maximum atomic E-state index is 12.4. The number of nitriles is 1. The zero-order valence-electron chi connectivity index (χ0n) is 14.8. The first-order chi connectivity index (χ1) is 13.1. The summed E-state index contributed by atoms with van der Waals surface area (Å²) < 4.78 is 5.14. The Hall–Kier alpha value is -3.31. The van der Waals surface area contributed by atoms with Crippen LogP contribution in [0.15, 0.2) is 53.7 Å². The highest BCUT2D eigenvalue weighted by molar-refractivity contribution is 8.00. The average Bonchev–Trinajstić information content (AvgIpc) is 3.16. The van der Waals surface area contributed by atoms with E-state index in [-0.39, 0.29) is 5.91 Å². The largest absolute Gasteiger partial charge is 0.497 e. The number of hydrogen-bond donors (Lipinski definition) is 2. The number of carbonyl (C=O) groups is 1. The molecule has 3 rings (SSSR count). The summed E-state index contributed by atoms with van der Waals surface area (Å²) in [6.45, 7) is 1.78. The molecular weight excluding hydrogens is 362 g/mol. The molecular formula is C19H17N5O2S. The van der Waals surface area contributed by atoms with E-state index in [9.17, 15) is 4.79 Å². The third-order valence-corrected chi connectivity index (χ3v) is 4.70. The number of rotatable bonds is 6. The minimum atomic E-state index is -0.407. The van der Waals surface area contributed by atoms with E-state index in [1.165, 1.54) is 11.8 Å². The topological polar surface area (TPSA) is 104 Å². The lowest BCUT2D eigenvalue weighted by Gasteiger charge is -2.10. The molecule has 0 radical (unpaired) electrons. The van der Waals surface area contributed by atoms with E-state index >= 15 is 0 Å². The van der Waals surface area contributed by atoms with E-state index in [2.05, 4.69) is 20.5 Å². The molecule has 0 bridgehead atoms. The molecule has 0 aliphatic carbocycles. The number of methoxy groups -OCH3 is 1. The Bertz CT molecular complexity index is 978. The van der Waals surface area contributed by atoms with Crippen LogP contribution in [0.25, 0.3) is 11.4 Å². The fourth-order valence-corrected chi connectivity index (χ4v) is 3.02. The van der Waals surface area contributed by atoms with Crippen molar-refractivity contribution in [1.29, 1.82) is 5.26 Å². The van der Waals surface area contributed by atoms with Crippen LogP contribution in [0.1, 0.15) is 12.5 Å². The lowest BCUT2D eigenvalue weighted by molar-refractivity contribution is -0.115. The van der Waals surface area contributed by atoms with Crippen LogP contribution in [0.2, 0.25) is 0 Å². The van der Waals surface area contributed by atoms with Crippen LogP contribution in [0.5, 0.6) is 5.75 Å². The van der Waals surface area contributed by atoms with Gasteiger partial charge >= 0.3 is 0 Å². The third kappa shape index (κ3) is 4.65. The first-order valence-electron chi connectivity index (χ1n) is 8.13. The highest BCUT2D eigenvalue weighted by Gasteiger charge is 2.18. The molecule has 0 saturated heterocycles. The van der Waals surface area contributed by atoms with E-state index < -0.39 is 5.25 Å². The predicted octanol–water partition coefficient (Wildman–Crippen LogP) is 3.47. The van der Waals surface area contributed by atoms with Gasteiger partial charge in [0.25, 0.3) is 0 Å². The second-order valence-electron chi connectivity index (χ2n) is 5.64. The summed E-state index contributed by atoms with van der Waals surface area (Å²) in [4.78, 5) is 16.8. The van der Waals surface area contributed by atoms with E-state index in [1.807, 2.05) is 30.3 Å². The molecule has 0 unspecified atom stereocenters. The van der Waals surface area contributed by atoms with Crippen LogP contribution in [0, 0.1) is 11.3 Å². The number of nitrogens with zero attached hydrogens (tertiary/aromatic N) is 3. The van der Waals surface area contributed by atoms with Crippen LogP contribution < -0.4 is 10.1 Å². The number of nitrogens with one attached hydrogen (secondary N) is 2. The molecule has 0 fully saturated rings. The number of amides is 1. The van der Waals surface area contributed by atoms with Crippen LogP contribution in [0.4, 0.5) is 5.69 Å². The van der Waals surface area contributed by atoms with Gasteiger partial charge in [0.15, 0.2) is 5.82 Å². The summed E-state index contributed by atoms with van der Waals surface area (Å²) >= 11 is 1.25. The van der Waals surface area contributed by atoms with Crippen LogP contribution in [-0.4, -0.2) is 33.4 Å². The quantitative estimate of drug-likeness (QED) is 0.636. The van der Waals surface area contributed by atoms with E-state index in [4.69, 9.17) is 10.00 Å². The molecule has 3 aromatic rings. The van der Waals surface area contributed by atoms with Crippen molar-refractivity contribution in [2.45, 2.75) is 17.3 Å². The normalized spacial score (nSPS) is 11.4. The molecule has 2 aromatic carbocycles. The van der Waals surface area contributed by atoms with Crippen molar-refractivity contribution < 1.29 is 9.53 Å². The lowest BCUT2D eigenvalue weighted by atomic mass is 10.2. The van der Waals surface area contributed by atoms with Crippen molar-refractivity contribution in [3.63, 3.8) is 0 Å². The van der Waals surface area contributed by atoms with Gasteiger partial charge in [0.1, 0.15) is 5.75 Å². The number of hydrogen-bond acceptors (Lipinski definition) is 6. The maximum absolute atomic E-state index is 12.4. The van der Waals surface area contributed by atoms with Gasteiger partial charge in [-0.05, 0) is 49.4 Å². The van der Waals surface area contributed by atoms with Crippen molar-refractivity contribution in [2.24, 2.45) is 0 Å². The summed E-state index contributed by atoms with van der Waals surface area (Å²) in [5.74, 6) is 1.19. The molecule has 1 atom stereocenters. The zero-order valence-corrected chi connectivity index (χ0v) is 15.6. The summed E-state index contributed by atoms with van der Waals surface area (Å²) in [5.41, 5.74) is 1.95.